The molecule has 1 atom stereocenters. The van der Waals surface area contributed by atoms with Gasteiger partial charge in [0, 0.05) is 0 Å². The second-order valence-corrected chi connectivity index (χ2v) is 5.78. The van der Waals surface area contributed by atoms with Gasteiger partial charge in [0.25, 0.3) is 0 Å². The van der Waals surface area contributed by atoms with Crippen LogP contribution in [-0.4, -0.2) is 11.7 Å². The number of hydrogen-bond donors (Lipinski definition) is 1. The van der Waals surface area contributed by atoms with Crippen LogP contribution in [-0.2, 0) is 4.74 Å². The third kappa shape index (κ3) is 3.73. The quantitative estimate of drug-likeness (QED) is 0.907. The molecule has 2 aromatic carbocycles. The van der Waals surface area contributed by atoms with E-state index in [9.17, 15) is 10.1 Å². The lowest BCUT2D eigenvalue weighted by Gasteiger charge is -2.21. The molecule has 0 radical (unpaired) electrons. The van der Waals surface area contributed by atoms with Gasteiger partial charge in [-0.25, -0.2) is 4.79 Å². The monoisotopic (exact) mass is 282 g/mol. The molecule has 0 bridgehead atoms. The Kier molecular flexibility index (Phi) is 4.13. The summed E-state index contributed by atoms with van der Waals surface area (Å²) in [6.45, 7) is 5.35. The number of fused-ring (bicyclic) bond motifs is 1. The zero-order valence-electron chi connectivity index (χ0n) is 12.4. The second-order valence-electron chi connectivity index (χ2n) is 5.78. The molecule has 0 aliphatic carbocycles. The molecular weight excluding hydrogens is 264 g/mol. The number of carbonyl (C=O) groups excluding carboxylic acids is 1. The number of nitriles is 1. The van der Waals surface area contributed by atoms with E-state index < -0.39 is 17.7 Å². The van der Waals surface area contributed by atoms with Crippen molar-refractivity contribution >= 4 is 16.9 Å². The molecule has 1 amide bonds. The number of benzene rings is 2. The van der Waals surface area contributed by atoms with Crippen LogP contribution in [0.5, 0.6) is 0 Å². The van der Waals surface area contributed by atoms with Crippen molar-refractivity contribution in [2.45, 2.75) is 32.4 Å². The average molecular weight is 282 g/mol. The lowest BCUT2D eigenvalue weighted by molar-refractivity contribution is 0.0515. The normalized spacial score (nSPS) is 12.5. The Labute approximate surface area is 124 Å². The van der Waals surface area contributed by atoms with Gasteiger partial charge in [-0.15, -0.1) is 0 Å². The van der Waals surface area contributed by atoms with Gasteiger partial charge >= 0.3 is 6.09 Å². The summed E-state index contributed by atoms with van der Waals surface area (Å²) in [5.74, 6) is 0. The number of rotatable bonds is 2. The van der Waals surface area contributed by atoms with Crippen LogP contribution in [0.2, 0.25) is 0 Å². The van der Waals surface area contributed by atoms with Crippen LogP contribution in [0.15, 0.2) is 42.5 Å². The third-order valence-corrected chi connectivity index (χ3v) is 2.92. The molecule has 0 saturated carbocycles. The van der Waals surface area contributed by atoms with E-state index in [0.717, 1.165) is 16.3 Å². The first-order chi connectivity index (χ1) is 9.90. The summed E-state index contributed by atoms with van der Waals surface area (Å²) in [4.78, 5) is 11.9. The van der Waals surface area contributed by atoms with Gasteiger partial charge in [0.1, 0.15) is 11.6 Å². The van der Waals surface area contributed by atoms with Crippen molar-refractivity contribution in [2.75, 3.05) is 0 Å². The van der Waals surface area contributed by atoms with E-state index in [0.29, 0.717) is 0 Å². The minimum Gasteiger partial charge on any atom is -0.444 e. The van der Waals surface area contributed by atoms with E-state index >= 15 is 0 Å². The van der Waals surface area contributed by atoms with Crippen molar-refractivity contribution in [1.29, 1.82) is 5.26 Å². The highest BCUT2D eigenvalue weighted by atomic mass is 16.6. The fourth-order valence-corrected chi connectivity index (χ4v) is 2.11. The Morgan fingerprint density at radius 3 is 2.52 bits per heavy atom. The number of carbonyl (C=O) groups is 1. The van der Waals surface area contributed by atoms with Crippen LogP contribution in [0.4, 0.5) is 4.79 Å². The molecule has 21 heavy (non-hydrogen) atoms. The Morgan fingerprint density at radius 1 is 1.19 bits per heavy atom. The Balaban J connectivity index is 2.29. The van der Waals surface area contributed by atoms with E-state index in [2.05, 4.69) is 11.4 Å². The van der Waals surface area contributed by atoms with E-state index in [1.165, 1.54) is 0 Å². The largest absolute Gasteiger partial charge is 0.444 e. The van der Waals surface area contributed by atoms with Crippen molar-refractivity contribution in [3.8, 4) is 6.07 Å². The maximum Gasteiger partial charge on any atom is 0.408 e. The van der Waals surface area contributed by atoms with Gasteiger partial charge in [-0.3, -0.25) is 0 Å². The average Bonchev–Trinajstić information content (AvgIpc) is 2.42. The molecule has 0 spiro atoms. The molecule has 0 heterocycles. The first-order valence-corrected chi connectivity index (χ1v) is 6.77. The van der Waals surface area contributed by atoms with Crippen molar-refractivity contribution in [3.63, 3.8) is 0 Å². The Morgan fingerprint density at radius 2 is 1.86 bits per heavy atom. The molecule has 108 valence electrons. The molecule has 4 nitrogen and oxygen atoms in total. The Bertz CT molecular complexity index is 690. The maximum atomic E-state index is 11.9. The van der Waals surface area contributed by atoms with Gasteiger partial charge < -0.3 is 10.1 Å². The molecule has 0 unspecified atom stereocenters. The summed E-state index contributed by atoms with van der Waals surface area (Å²) in [6.07, 6.45) is -0.595. The van der Waals surface area contributed by atoms with E-state index in [-0.39, 0.29) is 0 Å². The lowest BCUT2D eigenvalue weighted by atomic mass is 9.99. The highest BCUT2D eigenvalue weighted by molar-refractivity contribution is 5.87. The van der Waals surface area contributed by atoms with Gasteiger partial charge in [0.05, 0.1) is 6.07 Å². The molecule has 2 rings (SSSR count). The fraction of sp³-hybridized carbons (Fsp3) is 0.294. The van der Waals surface area contributed by atoms with E-state index in [1.807, 2.05) is 42.5 Å². The summed E-state index contributed by atoms with van der Waals surface area (Å²) in [5.41, 5.74) is 0.171. The highest BCUT2D eigenvalue weighted by Crippen LogP contribution is 2.24. The summed E-state index contributed by atoms with van der Waals surface area (Å²) >= 11 is 0. The van der Waals surface area contributed by atoms with Crippen molar-refractivity contribution in [2.24, 2.45) is 0 Å². The highest BCUT2D eigenvalue weighted by Gasteiger charge is 2.21. The second kappa shape index (κ2) is 5.84. The van der Waals surface area contributed by atoms with Crippen LogP contribution >= 0.6 is 0 Å². The molecule has 0 aliphatic rings. The van der Waals surface area contributed by atoms with Crippen molar-refractivity contribution < 1.29 is 9.53 Å². The summed E-state index contributed by atoms with van der Waals surface area (Å²) in [7, 11) is 0. The first kappa shape index (κ1) is 14.9. The van der Waals surface area contributed by atoms with Crippen LogP contribution in [0, 0.1) is 11.3 Å². The zero-order valence-corrected chi connectivity index (χ0v) is 12.4. The topological polar surface area (TPSA) is 62.1 Å². The fourth-order valence-electron chi connectivity index (χ4n) is 2.11. The first-order valence-electron chi connectivity index (χ1n) is 6.77. The molecule has 1 N–H and O–H groups in total. The van der Waals surface area contributed by atoms with Crippen molar-refractivity contribution in [3.05, 3.63) is 48.0 Å². The van der Waals surface area contributed by atoms with Crippen LogP contribution in [0.25, 0.3) is 10.8 Å². The molecule has 0 aromatic heterocycles. The van der Waals surface area contributed by atoms with Crippen molar-refractivity contribution in [1.82, 2.24) is 5.32 Å². The predicted molar refractivity (Wildman–Crippen MR) is 81.7 cm³/mol. The number of nitrogens with zero attached hydrogens (tertiary/aromatic N) is 1. The predicted octanol–water partition coefficient (Wildman–Crippen LogP) is 3.93. The number of amides is 1. The zero-order chi connectivity index (χ0) is 15.5. The van der Waals surface area contributed by atoms with E-state index in [1.54, 1.807) is 20.8 Å². The van der Waals surface area contributed by atoms with Gasteiger partial charge in [-0.2, -0.15) is 5.26 Å². The molecule has 0 saturated heterocycles. The number of nitrogens with one attached hydrogen (secondary N) is 1. The van der Waals surface area contributed by atoms with Gasteiger partial charge in [-0.1, -0.05) is 42.5 Å². The lowest BCUT2D eigenvalue weighted by Crippen LogP contribution is -2.34. The van der Waals surface area contributed by atoms with Gasteiger partial charge in [-0.05, 0) is 37.1 Å². The molecule has 2 aromatic rings. The maximum absolute atomic E-state index is 11.9. The molecule has 0 aliphatic heterocycles. The summed E-state index contributed by atoms with van der Waals surface area (Å²) < 4.78 is 5.20. The molecule has 4 heteroatoms. The number of alkyl carbamates (subject to hydrolysis) is 1. The van der Waals surface area contributed by atoms with Crippen LogP contribution in [0.1, 0.15) is 32.4 Å². The number of hydrogen-bond acceptors (Lipinski definition) is 3. The Hall–Kier alpha value is -2.54. The molecule has 0 fully saturated rings. The SMILES string of the molecule is CC(C)(C)OC(=O)N[C@@H](C#N)c1cccc2ccccc12. The smallest absolute Gasteiger partial charge is 0.408 e. The standard InChI is InChI=1S/C17H18N2O2/c1-17(2,3)21-16(20)19-15(11-18)14-10-6-8-12-7-4-5-9-13(12)14/h4-10,15H,1-3H3,(H,19,20)/t15-/m0/s1. The van der Waals surface area contributed by atoms with Gasteiger partial charge in [0.15, 0.2) is 0 Å². The molecular formula is C17H18N2O2. The van der Waals surface area contributed by atoms with Crippen LogP contribution in [0.3, 0.4) is 0 Å². The number of ether oxygens (including phenoxy) is 1. The summed E-state index contributed by atoms with van der Waals surface area (Å²) in [5, 5.41) is 14.0. The minimum atomic E-state index is -0.744. The summed E-state index contributed by atoms with van der Waals surface area (Å²) in [6, 6.07) is 14.8. The third-order valence-electron chi connectivity index (χ3n) is 2.92. The van der Waals surface area contributed by atoms with Gasteiger partial charge in [0.2, 0.25) is 0 Å². The van der Waals surface area contributed by atoms with E-state index in [4.69, 9.17) is 4.74 Å². The minimum absolute atomic E-state index is 0.594. The van der Waals surface area contributed by atoms with Crippen LogP contribution < -0.4 is 5.32 Å².